The molecule has 5 heteroatoms. The lowest BCUT2D eigenvalue weighted by atomic mass is 10.8. The highest BCUT2D eigenvalue weighted by molar-refractivity contribution is 5.55. The Morgan fingerprint density at radius 2 is 1.56 bits per heavy atom. The summed E-state index contributed by atoms with van der Waals surface area (Å²) in [5, 5.41) is 0. The quantitative estimate of drug-likeness (QED) is 0.471. The highest BCUT2D eigenvalue weighted by Crippen LogP contribution is 1.85. The second kappa shape index (κ2) is 5.58. The van der Waals surface area contributed by atoms with Crippen LogP contribution in [0.5, 0.6) is 0 Å². The van der Waals surface area contributed by atoms with E-state index in [2.05, 4.69) is 0 Å². The first-order chi connectivity index (χ1) is 4.23. The Labute approximate surface area is 50.6 Å². The maximum absolute atomic E-state index is 9.69. The number of carbonyl (C=O) groups is 1. The molecule has 0 aromatic heterocycles. The summed E-state index contributed by atoms with van der Waals surface area (Å²) in [5.74, 6) is 0. The van der Waals surface area contributed by atoms with Gasteiger partial charge in [-0.2, -0.15) is 0 Å². The van der Waals surface area contributed by atoms with E-state index in [0.717, 1.165) is 13.2 Å². The van der Waals surface area contributed by atoms with Crippen LogP contribution < -0.4 is 0 Å². The predicted octanol–water partition coefficient (Wildman–Crippen LogP) is 1.04. The predicted molar refractivity (Wildman–Crippen MR) is 24.4 cm³/mol. The highest BCUT2D eigenvalue weighted by Gasteiger charge is 1.93. The summed E-state index contributed by atoms with van der Waals surface area (Å²) in [7, 11) is 0. The number of carbonyl (C=O) groups excluding carboxylic acids is 1. The van der Waals surface area contributed by atoms with Crippen molar-refractivity contribution in [1.29, 1.82) is 0 Å². The Morgan fingerprint density at radius 1 is 1.22 bits per heavy atom. The Kier molecular flexibility index (Phi) is 5.24. The molecule has 1 aliphatic heterocycles. The van der Waals surface area contributed by atoms with E-state index >= 15 is 0 Å². The van der Waals surface area contributed by atoms with Gasteiger partial charge in [0.2, 0.25) is 0 Å². The molecule has 0 amide bonds. The molecule has 9 heavy (non-hydrogen) atoms. The Hall–Kier alpha value is -0.550. The molecule has 0 N–H and O–H groups in total. The third-order valence-corrected chi connectivity index (χ3v) is 0.539. The molecule has 1 rings (SSSR count). The van der Waals surface area contributed by atoms with Crippen LogP contribution in [0.25, 0.3) is 0 Å². The summed E-state index contributed by atoms with van der Waals surface area (Å²) in [6, 6.07) is 0. The zero-order valence-corrected chi connectivity index (χ0v) is 4.60. The highest BCUT2D eigenvalue weighted by atomic mass is 19.3. The minimum atomic E-state index is -2.83. The molecule has 0 bridgehead atoms. The van der Waals surface area contributed by atoms with Gasteiger partial charge in [-0.15, -0.1) is 8.78 Å². The normalized spacial score (nSPS) is 16.2. The van der Waals surface area contributed by atoms with E-state index in [9.17, 15) is 8.78 Å². The molecule has 1 aliphatic rings. The van der Waals surface area contributed by atoms with Crippen molar-refractivity contribution in [3.63, 3.8) is 0 Å². The van der Waals surface area contributed by atoms with Crippen molar-refractivity contribution in [2.24, 2.45) is 0 Å². The number of hydrogen-bond donors (Lipinski definition) is 0. The van der Waals surface area contributed by atoms with Gasteiger partial charge in [-0.25, -0.2) is 4.79 Å². The maximum Gasteiger partial charge on any atom is 0.483 e. The topological polar surface area (TPSA) is 35.5 Å². The molecule has 3 nitrogen and oxygen atoms in total. The Balaban J connectivity index is 0.000000148. The van der Waals surface area contributed by atoms with Gasteiger partial charge in [-0.3, -0.25) is 0 Å². The summed E-state index contributed by atoms with van der Waals surface area (Å²) in [4.78, 5) is 8.11. The molecule has 0 aromatic rings. The fraction of sp³-hybridized carbons (Fsp3) is 0.750. The van der Waals surface area contributed by atoms with Crippen LogP contribution in [-0.4, -0.2) is 26.3 Å². The van der Waals surface area contributed by atoms with E-state index in [1.807, 2.05) is 0 Å². The van der Waals surface area contributed by atoms with Crippen molar-refractivity contribution in [3.05, 3.63) is 0 Å². The molecule has 0 atom stereocenters. The van der Waals surface area contributed by atoms with Crippen LogP contribution in [0.15, 0.2) is 0 Å². The first kappa shape index (κ1) is 8.45. The molecule has 54 valence electrons. The lowest BCUT2D eigenvalue weighted by molar-refractivity contribution is 0.0692. The number of hydrogen-bond acceptors (Lipinski definition) is 3. The fourth-order valence-electron chi connectivity index (χ4n) is 0.295. The molecule has 1 saturated heterocycles. The van der Waals surface area contributed by atoms with Gasteiger partial charge in [0.1, 0.15) is 6.79 Å². The third-order valence-electron chi connectivity index (χ3n) is 0.539. The molecule has 0 saturated carbocycles. The summed E-state index contributed by atoms with van der Waals surface area (Å²) in [6.07, 6.45) is -2.83. The van der Waals surface area contributed by atoms with Gasteiger partial charge in [-0.1, -0.05) is 0 Å². The summed E-state index contributed by atoms with van der Waals surface area (Å²) < 4.78 is 28.8. The van der Waals surface area contributed by atoms with E-state index in [1.54, 1.807) is 0 Å². The van der Waals surface area contributed by atoms with E-state index in [4.69, 9.17) is 14.3 Å². The van der Waals surface area contributed by atoms with Crippen LogP contribution in [0, 0.1) is 0 Å². The average molecular weight is 140 g/mol. The van der Waals surface area contributed by atoms with Crippen molar-refractivity contribution in [3.8, 4) is 0 Å². The van der Waals surface area contributed by atoms with Gasteiger partial charge in [0.15, 0.2) is 0 Å². The second-order valence-corrected chi connectivity index (χ2v) is 1.16. The van der Waals surface area contributed by atoms with E-state index in [-0.39, 0.29) is 0 Å². The number of halogens is 2. The zero-order valence-electron chi connectivity index (χ0n) is 4.60. The van der Waals surface area contributed by atoms with Crippen molar-refractivity contribution >= 4 is 6.29 Å². The fourth-order valence-corrected chi connectivity index (χ4v) is 0.295. The van der Waals surface area contributed by atoms with Gasteiger partial charge >= 0.3 is 6.29 Å². The maximum atomic E-state index is 9.69. The molecule has 1 heterocycles. The minimum absolute atomic E-state index is 0.500. The van der Waals surface area contributed by atoms with Crippen LogP contribution in [0.2, 0.25) is 0 Å². The number of ether oxygens (including phenoxy) is 2. The number of rotatable bonds is 0. The Bertz CT molecular complexity index is 70.3. The standard InChI is InChI=1S/C3H6O2.CF2O/c1-2-5-3-4-1;2-1(3)4/h1-3H2;. The van der Waals surface area contributed by atoms with Gasteiger partial charge in [-0.05, 0) is 0 Å². The van der Waals surface area contributed by atoms with Crippen molar-refractivity contribution < 1.29 is 23.0 Å². The van der Waals surface area contributed by atoms with E-state index in [0.29, 0.717) is 6.79 Å². The third kappa shape index (κ3) is 11.2. The van der Waals surface area contributed by atoms with Gasteiger partial charge in [0.05, 0.1) is 13.2 Å². The zero-order chi connectivity index (χ0) is 7.11. The molecule has 0 unspecified atom stereocenters. The lowest BCUT2D eigenvalue weighted by Crippen LogP contribution is -1.79. The SMILES string of the molecule is C1COCO1.O=C(F)F. The molecule has 1 fully saturated rings. The molecular weight excluding hydrogens is 134 g/mol. The largest absolute Gasteiger partial charge is 0.483 e. The summed E-state index contributed by atoms with van der Waals surface area (Å²) in [5.41, 5.74) is 0. The summed E-state index contributed by atoms with van der Waals surface area (Å²) >= 11 is 0. The molecule has 0 aliphatic carbocycles. The van der Waals surface area contributed by atoms with Crippen molar-refractivity contribution in [2.75, 3.05) is 20.0 Å². The second-order valence-electron chi connectivity index (χ2n) is 1.16. The van der Waals surface area contributed by atoms with Crippen LogP contribution in [0.3, 0.4) is 0 Å². The first-order valence-corrected chi connectivity index (χ1v) is 2.24. The van der Waals surface area contributed by atoms with E-state index in [1.165, 1.54) is 0 Å². The van der Waals surface area contributed by atoms with Crippen molar-refractivity contribution in [2.45, 2.75) is 0 Å². The van der Waals surface area contributed by atoms with Crippen LogP contribution in [0.4, 0.5) is 13.6 Å². The van der Waals surface area contributed by atoms with E-state index < -0.39 is 6.29 Å². The smallest absolute Gasteiger partial charge is 0.353 e. The lowest BCUT2D eigenvalue weighted by Gasteiger charge is -1.76. The molecule has 0 aromatic carbocycles. The monoisotopic (exact) mass is 140 g/mol. The molecule has 0 radical (unpaired) electrons. The van der Waals surface area contributed by atoms with Gasteiger partial charge < -0.3 is 9.47 Å². The van der Waals surface area contributed by atoms with Crippen LogP contribution >= 0.6 is 0 Å². The van der Waals surface area contributed by atoms with Gasteiger partial charge in [0.25, 0.3) is 0 Å². The van der Waals surface area contributed by atoms with Crippen LogP contribution in [-0.2, 0) is 9.47 Å². The minimum Gasteiger partial charge on any atom is -0.353 e. The molecule has 0 spiro atoms. The first-order valence-electron chi connectivity index (χ1n) is 2.24. The van der Waals surface area contributed by atoms with Crippen LogP contribution in [0.1, 0.15) is 0 Å². The Morgan fingerprint density at radius 3 is 1.67 bits per heavy atom. The molecular formula is C4H6F2O3. The van der Waals surface area contributed by atoms with Crippen molar-refractivity contribution in [1.82, 2.24) is 0 Å². The summed E-state index contributed by atoms with van der Waals surface area (Å²) in [6.45, 7) is 2.06. The average Bonchev–Trinajstić information content (AvgIpc) is 2.11. The van der Waals surface area contributed by atoms with Gasteiger partial charge in [0, 0.05) is 0 Å².